The molecule has 150 valence electrons. The fourth-order valence-electron chi connectivity index (χ4n) is 2.70. The molecule has 1 atom stereocenters. The molecule has 1 aromatic carbocycles. The highest BCUT2D eigenvalue weighted by molar-refractivity contribution is 5.69. The quantitative estimate of drug-likeness (QED) is 0.562. The summed E-state index contributed by atoms with van der Waals surface area (Å²) in [6.45, 7) is 5.56. The predicted octanol–water partition coefficient (Wildman–Crippen LogP) is 4.39. The van der Waals surface area contributed by atoms with Gasteiger partial charge in [0.1, 0.15) is 18.0 Å². The van der Waals surface area contributed by atoms with Gasteiger partial charge in [0.05, 0.1) is 22.6 Å². The van der Waals surface area contributed by atoms with Crippen molar-refractivity contribution in [2.24, 2.45) is 0 Å². The van der Waals surface area contributed by atoms with E-state index in [0.29, 0.717) is 31.5 Å². The van der Waals surface area contributed by atoms with Gasteiger partial charge in [0.15, 0.2) is 0 Å². The Morgan fingerprint density at radius 3 is 2.52 bits per heavy atom. The summed E-state index contributed by atoms with van der Waals surface area (Å²) < 4.78 is 49.5. The van der Waals surface area contributed by atoms with E-state index in [9.17, 15) is 28.1 Å². The normalized spacial score (nSPS) is 17.7. The van der Waals surface area contributed by atoms with E-state index in [-0.39, 0.29) is 18.4 Å². The molecular formula is C17H21F3N2O5. The van der Waals surface area contributed by atoms with Crippen LogP contribution in [-0.4, -0.2) is 40.7 Å². The summed E-state index contributed by atoms with van der Waals surface area (Å²) in [5.74, 6) is -0.271. The fraction of sp³-hybridized carbons (Fsp3) is 0.588. The topological polar surface area (TPSA) is 81.9 Å². The van der Waals surface area contributed by atoms with Gasteiger partial charge in [-0.2, -0.15) is 13.2 Å². The van der Waals surface area contributed by atoms with Crippen LogP contribution < -0.4 is 4.74 Å². The second-order valence-electron chi connectivity index (χ2n) is 7.25. The van der Waals surface area contributed by atoms with E-state index in [1.807, 2.05) is 0 Å². The summed E-state index contributed by atoms with van der Waals surface area (Å²) in [7, 11) is 0. The maximum absolute atomic E-state index is 12.9. The molecule has 0 spiro atoms. The zero-order chi connectivity index (χ0) is 20.4. The van der Waals surface area contributed by atoms with Gasteiger partial charge in [-0.25, -0.2) is 4.79 Å². The number of carbonyl (C=O) groups excluding carboxylic acids is 1. The zero-order valence-electron chi connectivity index (χ0n) is 15.2. The van der Waals surface area contributed by atoms with Crippen molar-refractivity contribution >= 4 is 11.8 Å². The van der Waals surface area contributed by atoms with Gasteiger partial charge in [0.25, 0.3) is 5.69 Å². The lowest BCUT2D eigenvalue weighted by Crippen LogP contribution is -2.42. The lowest BCUT2D eigenvalue weighted by molar-refractivity contribution is -0.385. The monoisotopic (exact) mass is 390 g/mol. The molecule has 0 aromatic heterocycles. The van der Waals surface area contributed by atoms with E-state index >= 15 is 0 Å². The van der Waals surface area contributed by atoms with Crippen LogP contribution in [0.4, 0.5) is 23.7 Å². The minimum atomic E-state index is -4.74. The first-order chi connectivity index (χ1) is 12.4. The number of hydrogen-bond acceptors (Lipinski definition) is 5. The Labute approximate surface area is 154 Å². The molecule has 0 unspecified atom stereocenters. The highest BCUT2D eigenvalue weighted by Gasteiger charge is 2.35. The van der Waals surface area contributed by atoms with Gasteiger partial charge < -0.3 is 14.4 Å². The number of rotatable bonds is 4. The van der Waals surface area contributed by atoms with Crippen molar-refractivity contribution in [1.29, 1.82) is 0 Å². The van der Waals surface area contributed by atoms with Crippen molar-refractivity contribution in [2.45, 2.75) is 51.4 Å². The number of benzene rings is 1. The third-order valence-corrected chi connectivity index (χ3v) is 3.88. The van der Waals surface area contributed by atoms with Gasteiger partial charge in [-0.05, 0) is 39.7 Å². The summed E-state index contributed by atoms with van der Waals surface area (Å²) in [6.07, 6.45) is -3.96. The molecule has 0 saturated carbocycles. The van der Waals surface area contributed by atoms with Crippen LogP contribution in [-0.2, 0) is 10.9 Å². The lowest BCUT2D eigenvalue weighted by Gasteiger charge is -2.28. The van der Waals surface area contributed by atoms with Crippen LogP contribution in [0.1, 0.15) is 39.2 Å². The number of amides is 1. The molecule has 0 bridgehead atoms. The number of ether oxygens (including phenoxy) is 2. The Kier molecular flexibility index (Phi) is 5.86. The standard InChI is InChI=1S/C17H21F3N2O5/c1-16(2,3)27-15(23)21-6-4-5-12(21)10-26-14-8-11(17(18,19)20)7-13(9-14)22(24)25/h7-9,12H,4-6,10H2,1-3H3/t12-/m1/s1. The molecule has 27 heavy (non-hydrogen) atoms. The van der Waals surface area contributed by atoms with Crippen molar-refractivity contribution in [2.75, 3.05) is 13.2 Å². The number of nitro benzene ring substituents is 1. The van der Waals surface area contributed by atoms with Crippen molar-refractivity contribution < 1.29 is 32.4 Å². The third-order valence-electron chi connectivity index (χ3n) is 3.88. The molecular weight excluding hydrogens is 369 g/mol. The first-order valence-electron chi connectivity index (χ1n) is 8.36. The Balaban J connectivity index is 2.12. The van der Waals surface area contributed by atoms with Gasteiger partial charge >= 0.3 is 12.3 Å². The lowest BCUT2D eigenvalue weighted by atomic mass is 10.2. The van der Waals surface area contributed by atoms with Gasteiger partial charge in [0, 0.05) is 12.6 Å². The maximum atomic E-state index is 12.9. The van der Waals surface area contributed by atoms with Crippen LogP contribution in [0.2, 0.25) is 0 Å². The molecule has 1 aliphatic heterocycles. The molecule has 1 saturated heterocycles. The number of carbonyl (C=O) groups is 1. The van der Waals surface area contributed by atoms with Crippen LogP contribution in [0, 0.1) is 10.1 Å². The zero-order valence-corrected chi connectivity index (χ0v) is 15.2. The van der Waals surface area contributed by atoms with Crippen molar-refractivity contribution in [3.63, 3.8) is 0 Å². The number of halogens is 3. The molecule has 1 fully saturated rings. The minimum absolute atomic E-state index is 0.0856. The van der Waals surface area contributed by atoms with Crippen LogP contribution >= 0.6 is 0 Å². The highest BCUT2D eigenvalue weighted by atomic mass is 19.4. The molecule has 7 nitrogen and oxygen atoms in total. The fourth-order valence-corrected chi connectivity index (χ4v) is 2.70. The summed E-state index contributed by atoms with van der Waals surface area (Å²) in [6, 6.07) is 1.71. The predicted molar refractivity (Wildman–Crippen MR) is 89.6 cm³/mol. The SMILES string of the molecule is CC(C)(C)OC(=O)N1CCC[C@@H]1COc1cc([N+](=O)[O-])cc(C(F)(F)F)c1. The summed E-state index contributed by atoms with van der Waals surface area (Å²) in [5.41, 5.74) is -2.55. The Hall–Kier alpha value is -2.52. The van der Waals surface area contributed by atoms with E-state index in [1.54, 1.807) is 20.8 Å². The highest BCUT2D eigenvalue weighted by Crippen LogP contribution is 2.35. The van der Waals surface area contributed by atoms with E-state index in [1.165, 1.54) is 4.90 Å². The second-order valence-corrected chi connectivity index (χ2v) is 7.25. The molecule has 1 aliphatic rings. The number of non-ortho nitro benzene ring substituents is 1. The van der Waals surface area contributed by atoms with Crippen LogP contribution in [0.5, 0.6) is 5.75 Å². The average Bonchev–Trinajstić information content (AvgIpc) is 2.98. The van der Waals surface area contributed by atoms with Crippen molar-refractivity contribution in [1.82, 2.24) is 4.90 Å². The minimum Gasteiger partial charge on any atom is -0.491 e. The molecule has 0 radical (unpaired) electrons. The summed E-state index contributed by atoms with van der Waals surface area (Å²) in [5, 5.41) is 10.9. The Bertz CT molecular complexity index is 716. The first kappa shape index (κ1) is 20.8. The molecule has 2 rings (SSSR count). The third kappa shape index (κ3) is 5.73. The van der Waals surface area contributed by atoms with Crippen molar-refractivity contribution in [3.8, 4) is 5.75 Å². The molecule has 10 heteroatoms. The Morgan fingerprint density at radius 2 is 1.96 bits per heavy atom. The van der Waals surface area contributed by atoms with E-state index < -0.39 is 34.0 Å². The summed E-state index contributed by atoms with van der Waals surface area (Å²) in [4.78, 5) is 23.7. The maximum Gasteiger partial charge on any atom is 0.416 e. The molecule has 1 amide bonds. The van der Waals surface area contributed by atoms with Gasteiger partial charge in [-0.15, -0.1) is 0 Å². The molecule has 1 aromatic rings. The summed E-state index contributed by atoms with van der Waals surface area (Å²) >= 11 is 0. The number of alkyl halides is 3. The van der Waals surface area contributed by atoms with Gasteiger partial charge in [-0.1, -0.05) is 0 Å². The van der Waals surface area contributed by atoms with Gasteiger partial charge in [0.2, 0.25) is 0 Å². The van der Waals surface area contributed by atoms with E-state index in [0.717, 1.165) is 6.07 Å². The molecule has 0 aliphatic carbocycles. The molecule has 0 N–H and O–H groups in total. The largest absolute Gasteiger partial charge is 0.491 e. The number of hydrogen-bond donors (Lipinski definition) is 0. The average molecular weight is 390 g/mol. The van der Waals surface area contributed by atoms with Crippen LogP contribution in [0.25, 0.3) is 0 Å². The first-order valence-corrected chi connectivity index (χ1v) is 8.36. The molecule has 1 heterocycles. The number of likely N-dealkylation sites (tertiary alicyclic amines) is 1. The second kappa shape index (κ2) is 7.61. The Morgan fingerprint density at radius 1 is 1.30 bits per heavy atom. The number of nitro groups is 1. The van der Waals surface area contributed by atoms with Gasteiger partial charge in [-0.3, -0.25) is 10.1 Å². The van der Waals surface area contributed by atoms with Crippen LogP contribution in [0.3, 0.4) is 0 Å². The van der Waals surface area contributed by atoms with Crippen LogP contribution in [0.15, 0.2) is 18.2 Å². The smallest absolute Gasteiger partial charge is 0.416 e. The van der Waals surface area contributed by atoms with Crippen molar-refractivity contribution in [3.05, 3.63) is 33.9 Å². The van der Waals surface area contributed by atoms with E-state index in [2.05, 4.69) is 0 Å². The number of nitrogens with zero attached hydrogens (tertiary/aromatic N) is 2. The van der Waals surface area contributed by atoms with E-state index in [4.69, 9.17) is 9.47 Å².